The molecule has 5 nitrogen and oxygen atoms in total. The van der Waals surface area contributed by atoms with Gasteiger partial charge in [0.05, 0.1) is 22.2 Å². The molecule has 0 aliphatic carbocycles. The molecule has 0 radical (unpaired) electrons. The summed E-state index contributed by atoms with van der Waals surface area (Å²) >= 11 is 0. The average Bonchev–Trinajstić information content (AvgIpc) is 2.73. The van der Waals surface area contributed by atoms with Gasteiger partial charge >= 0.3 is 0 Å². The standard InChI is InChI=1S/C23H32N2O3S/c1-4-23(2,3)29(26,27)16-10-15-24-17-20-22(18-11-6-5-7-12-18)28-21-14-9-8-13-19(21)25-20/h5-9,11-14,20,22,24-25H,4,10,15-17H2,1-3H3. The first-order valence-corrected chi connectivity index (χ1v) is 12.0. The zero-order valence-corrected chi connectivity index (χ0v) is 18.3. The van der Waals surface area contributed by atoms with Crippen LogP contribution in [-0.2, 0) is 9.84 Å². The Bertz CT molecular complexity index is 897. The Kier molecular flexibility index (Phi) is 6.85. The molecule has 0 saturated carbocycles. The summed E-state index contributed by atoms with van der Waals surface area (Å²) in [5.74, 6) is 1.06. The van der Waals surface area contributed by atoms with Crippen molar-refractivity contribution < 1.29 is 13.2 Å². The van der Waals surface area contributed by atoms with E-state index >= 15 is 0 Å². The van der Waals surface area contributed by atoms with Crippen molar-refractivity contribution in [1.82, 2.24) is 5.32 Å². The van der Waals surface area contributed by atoms with Gasteiger partial charge in [-0.25, -0.2) is 8.42 Å². The third-order valence-corrected chi connectivity index (χ3v) is 8.60. The molecule has 2 atom stereocenters. The highest BCUT2D eigenvalue weighted by Gasteiger charge is 2.32. The highest BCUT2D eigenvalue weighted by Crippen LogP contribution is 2.36. The van der Waals surface area contributed by atoms with Crippen LogP contribution in [0.1, 0.15) is 45.3 Å². The van der Waals surface area contributed by atoms with Crippen molar-refractivity contribution in [2.45, 2.75) is 50.5 Å². The topological polar surface area (TPSA) is 67.4 Å². The van der Waals surface area contributed by atoms with E-state index in [1.807, 2.05) is 49.4 Å². The molecule has 6 heteroatoms. The van der Waals surface area contributed by atoms with E-state index in [-0.39, 0.29) is 17.9 Å². The zero-order valence-electron chi connectivity index (χ0n) is 17.5. The number of para-hydroxylation sites is 2. The van der Waals surface area contributed by atoms with Crippen LogP contribution in [0.15, 0.2) is 54.6 Å². The van der Waals surface area contributed by atoms with Crippen LogP contribution < -0.4 is 15.4 Å². The molecular weight excluding hydrogens is 384 g/mol. The summed E-state index contributed by atoms with van der Waals surface area (Å²) in [4.78, 5) is 0. The van der Waals surface area contributed by atoms with Crippen LogP contribution in [0.5, 0.6) is 5.75 Å². The molecule has 1 aliphatic heterocycles. The molecule has 0 aromatic heterocycles. The van der Waals surface area contributed by atoms with E-state index < -0.39 is 14.6 Å². The van der Waals surface area contributed by atoms with Gasteiger partial charge in [-0.1, -0.05) is 49.4 Å². The van der Waals surface area contributed by atoms with Crippen molar-refractivity contribution in [3.63, 3.8) is 0 Å². The van der Waals surface area contributed by atoms with Crippen LogP contribution in [0.25, 0.3) is 0 Å². The van der Waals surface area contributed by atoms with Gasteiger partial charge in [-0.05, 0) is 50.9 Å². The predicted octanol–water partition coefficient (Wildman–Crippen LogP) is 4.18. The van der Waals surface area contributed by atoms with Gasteiger partial charge in [0.25, 0.3) is 0 Å². The van der Waals surface area contributed by atoms with E-state index in [9.17, 15) is 8.42 Å². The summed E-state index contributed by atoms with van der Waals surface area (Å²) in [5.41, 5.74) is 2.10. The molecule has 1 heterocycles. The monoisotopic (exact) mass is 416 g/mol. The van der Waals surface area contributed by atoms with Crippen LogP contribution in [0.2, 0.25) is 0 Å². The maximum atomic E-state index is 12.5. The van der Waals surface area contributed by atoms with Crippen molar-refractivity contribution in [3.8, 4) is 5.75 Å². The molecule has 29 heavy (non-hydrogen) atoms. The normalized spacial score (nSPS) is 19.1. The number of hydrogen-bond acceptors (Lipinski definition) is 5. The third-order valence-electron chi connectivity index (χ3n) is 5.80. The van der Waals surface area contributed by atoms with E-state index in [0.29, 0.717) is 25.9 Å². The second kappa shape index (κ2) is 9.18. The lowest BCUT2D eigenvalue weighted by Crippen LogP contribution is -2.43. The van der Waals surface area contributed by atoms with E-state index in [0.717, 1.165) is 17.0 Å². The van der Waals surface area contributed by atoms with E-state index in [1.165, 1.54) is 0 Å². The van der Waals surface area contributed by atoms with Crippen LogP contribution in [0.4, 0.5) is 5.69 Å². The van der Waals surface area contributed by atoms with Gasteiger partial charge in [0.15, 0.2) is 9.84 Å². The maximum Gasteiger partial charge on any atom is 0.155 e. The van der Waals surface area contributed by atoms with Gasteiger partial charge in [-0.15, -0.1) is 0 Å². The summed E-state index contributed by atoms with van der Waals surface area (Å²) < 4.78 is 30.6. The molecule has 0 amide bonds. The number of ether oxygens (including phenoxy) is 1. The molecule has 2 unspecified atom stereocenters. The Morgan fingerprint density at radius 1 is 1.07 bits per heavy atom. The lowest BCUT2D eigenvalue weighted by molar-refractivity contribution is 0.169. The molecule has 2 aromatic carbocycles. The Balaban J connectivity index is 1.60. The molecule has 2 N–H and O–H groups in total. The minimum atomic E-state index is -3.09. The lowest BCUT2D eigenvalue weighted by atomic mass is 9.99. The fourth-order valence-electron chi connectivity index (χ4n) is 3.43. The first-order chi connectivity index (χ1) is 13.8. The Morgan fingerprint density at radius 2 is 1.76 bits per heavy atom. The fourth-order valence-corrected chi connectivity index (χ4v) is 4.94. The van der Waals surface area contributed by atoms with Crippen LogP contribution in [0.3, 0.4) is 0 Å². The molecule has 1 aliphatic rings. The Hall–Kier alpha value is -2.05. The van der Waals surface area contributed by atoms with Gasteiger partial charge < -0.3 is 15.4 Å². The average molecular weight is 417 g/mol. The third kappa shape index (κ3) is 5.11. The molecular formula is C23H32N2O3S. The molecule has 0 saturated heterocycles. The number of anilines is 1. The largest absolute Gasteiger partial charge is 0.481 e. The maximum absolute atomic E-state index is 12.5. The second-order valence-electron chi connectivity index (χ2n) is 8.19. The van der Waals surface area contributed by atoms with E-state index in [4.69, 9.17) is 4.74 Å². The molecule has 0 spiro atoms. The number of nitrogens with one attached hydrogen (secondary N) is 2. The highest BCUT2D eigenvalue weighted by atomic mass is 32.2. The zero-order chi connectivity index (χ0) is 20.9. The first kappa shape index (κ1) is 21.7. The predicted molar refractivity (Wildman–Crippen MR) is 119 cm³/mol. The molecule has 0 bridgehead atoms. The molecule has 2 aromatic rings. The number of rotatable bonds is 9. The minimum Gasteiger partial charge on any atom is -0.481 e. The van der Waals surface area contributed by atoms with Gasteiger partial charge in [0.2, 0.25) is 0 Å². The summed E-state index contributed by atoms with van der Waals surface area (Å²) in [5, 5.41) is 7.00. The van der Waals surface area contributed by atoms with Crippen LogP contribution >= 0.6 is 0 Å². The number of sulfone groups is 1. The number of benzene rings is 2. The second-order valence-corrected chi connectivity index (χ2v) is 10.9. The van der Waals surface area contributed by atoms with Gasteiger partial charge in [-0.3, -0.25) is 0 Å². The summed E-state index contributed by atoms with van der Waals surface area (Å²) in [7, 11) is -3.09. The number of fused-ring (bicyclic) bond motifs is 1. The summed E-state index contributed by atoms with van der Waals surface area (Å²) in [6.07, 6.45) is 1.12. The van der Waals surface area contributed by atoms with Gasteiger partial charge in [-0.2, -0.15) is 0 Å². The molecule has 0 fully saturated rings. The van der Waals surface area contributed by atoms with Gasteiger partial charge in [0, 0.05) is 6.54 Å². The summed E-state index contributed by atoms with van der Waals surface area (Å²) in [6, 6.07) is 18.2. The first-order valence-electron chi connectivity index (χ1n) is 10.3. The SMILES string of the molecule is CCC(C)(C)S(=O)(=O)CCCNCC1Nc2ccccc2OC1c1ccccc1. The Morgan fingerprint density at radius 3 is 2.48 bits per heavy atom. The quantitative estimate of drug-likeness (QED) is 0.600. The van der Waals surface area contributed by atoms with Gasteiger partial charge in [0.1, 0.15) is 11.9 Å². The van der Waals surface area contributed by atoms with Crippen LogP contribution in [0, 0.1) is 0 Å². The van der Waals surface area contributed by atoms with Crippen molar-refractivity contribution in [1.29, 1.82) is 0 Å². The molecule has 158 valence electrons. The van der Waals surface area contributed by atoms with Crippen molar-refractivity contribution in [3.05, 3.63) is 60.2 Å². The highest BCUT2D eigenvalue weighted by molar-refractivity contribution is 7.92. The fraction of sp³-hybridized carbons (Fsp3) is 0.478. The van der Waals surface area contributed by atoms with Crippen molar-refractivity contribution >= 4 is 15.5 Å². The van der Waals surface area contributed by atoms with Crippen molar-refractivity contribution in [2.24, 2.45) is 0 Å². The summed E-state index contributed by atoms with van der Waals surface area (Å²) in [6.45, 7) is 6.87. The van der Waals surface area contributed by atoms with E-state index in [2.05, 4.69) is 22.8 Å². The smallest absolute Gasteiger partial charge is 0.155 e. The van der Waals surface area contributed by atoms with Crippen LogP contribution in [-0.4, -0.2) is 38.0 Å². The van der Waals surface area contributed by atoms with E-state index in [1.54, 1.807) is 13.8 Å². The Labute approximate surface area is 174 Å². The van der Waals surface area contributed by atoms with Crippen molar-refractivity contribution in [2.75, 3.05) is 24.2 Å². The molecule has 3 rings (SSSR count). The lowest BCUT2D eigenvalue weighted by Gasteiger charge is -2.35. The number of hydrogen-bond donors (Lipinski definition) is 2. The minimum absolute atomic E-state index is 0.0518.